The monoisotopic (exact) mass is 320 g/mol. The first-order chi connectivity index (χ1) is 9.90. The SMILES string of the molecule is O=C(O)CCCCC(F)(F)c1cc2c(cc1Cl)OCCO2. The molecule has 1 aliphatic rings. The van der Waals surface area contributed by atoms with Gasteiger partial charge in [-0.1, -0.05) is 11.6 Å². The van der Waals surface area contributed by atoms with E-state index in [-0.39, 0.29) is 35.6 Å². The van der Waals surface area contributed by atoms with Crippen molar-refractivity contribution in [2.75, 3.05) is 13.2 Å². The highest BCUT2D eigenvalue weighted by Crippen LogP contribution is 2.43. The van der Waals surface area contributed by atoms with Crippen LogP contribution in [-0.4, -0.2) is 24.3 Å². The Hall–Kier alpha value is -1.56. The number of unbranched alkanes of at least 4 members (excludes halogenated alkanes) is 1. The predicted octanol–water partition coefficient (Wildman–Crippen LogP) is 3.85. The van der Waals surface area contributed by atoms with Crippen LogP contribution >= 0.6 is 11.6 Å². The molecule has 1 N–H and O–H groups in total. The average molecular weight is 321 g/mol. The number of benzene rings is 1. The van der Waals surface area contributed by atoms with Crippen molar-refractivity contribution >= 4 is 17.6 Å². The molecule has 0 aromatic heterocycles. The van der Waals surface area contributed by atoms with Crippen molar-refractivity contribution in [3.8, 4) is 11.5 Å². The summed E-state index contributed by atoms with van der Waals surface area (Å²) in [6.07, 6.45) is -0.276. The van der Waals surface area contributed by atoms with Crippen molar-refractivity contribution in [1.29, 1.82) is 0 Å². The van der Waals surface area contributed by atoms with Gasteiger partial charge in [0.15, 0.2) is 11.5 Å². The smallest absolute Gasteiger partial charge is 0.303 e. The third kappa shape index (κ3) is 3.97. The van der Waals surface area contributed by atoms with Gasteiger partial charge in [0.05, 0.1) is 5.02 Å². The number of halogens is 3. The van der Waals surface area contributed by atoms with Gasteiger partial charge in [0.1, 0.15) is 13.2 Å². The first-order valence-corrected chi connectivity index (χ1v) is 6.97. The molecule has 0 saturated carbocycles. The van der Waals surface area contributed by atoms with Crippen molar-refractivity contribution < 1.29 is 28.2 Å². The molecular weight excluding hydrogens is 306 g/mol. The van der Waals surface area contributed by atoms with E-state index in [2.05, 4.69) is 0 Å². The van der Waals surface area contributed by atoms with Gasteiger partial charge in [-0.05, 0) is 18.9 Å². The molecule has 0 fully saturated rings. The molecule has 1 aromatic rings. The van der Waals surface area contributed by atoms with E-state index in [0.717, 1.165) is 0 Å². The number of fused-ring (bicyclic) bond motifs is 1. The van der Waals surface area contributed by atoms with Crippen LogP contribution in [0.5, 0.6) is 11.5 Å². The molecule has 1 aliphatic heterocycles. The molecule has 4 nitrogen and oxygen atoms in total. The van der Waals surface area contributed by atoms with Crippen LogP contribution in [0.25, 0.3) is 0 Å². The lowest BCUT2D eigenvalue weighted by molar-refractivity contribution is -0.137. The summed E-state index contributed by atoms with van der Waals surface area (Å²) in [5.41, 5.74) is -0.316. The summed E-state index contributed by atoms with van der Waals surface area (Å²) in [5, 5.41) is 8.42. The molecule has 0 aliphatic carbocycles. The fraction of sp³-hybridized carbons (Fsp3) is 0.500. The number of carboxylic acids is 1. The van der Waals surface area contributed by atoms with E-state index in [4.69, 9.17) is 26.2 Å². The van der Waals surface area contributed by atoms with Crippen molar-refractivity contribution in [1.82, 2.24) is 0 Å². The lowest BCUT2D eigenvalue weighted by atomic mass is 10.0. The zero-order valence-corrected chi connectivity index (χ0v) is 12.0. The molecule has 2 rings (SSSR count). The second kappa shape index (κ2) is 6.47. The van der Waals surface area contributed by atoms with Crippen molar-refractivity contribution in [2.45, 2.75) is 31.6 Å². The summed E-state index contributed by atoms with van der Waals surface area (Å²) in [7, 11) is 0. The summed E-state index contributed by atoms with van der Waals surface area (Å²) < 4.78 is 38.9. The van der Waals surface area contributed by atoms with Crippen molar-refractivity contribution in [3.05, 3.63) is 22.7 Å². The number of alkyl halides is 2. The number of aliphatic carboxylic acids is 1. The summed E-state index contributed by atoms with van der Waals surface area (Å²) >= 11 is 5.90. The van der Waals surface area contributed by atoms with E-state index in [1.807, 2.05) is 0 Å². The van der Waals surface area contributed by atoms with E-state index >= 15 is 0 Å². The Morgan fingerprint density at radius 1 is 1.24 bits per heavy atom. The van der Waals surface area contributed by atoms with E-state index in [1.165, 1.54) is 12.1 Å². The summed E-state index contributed by atoms with van der Waals surface area (Å²) in [4.78, 5) is 10.4. The molecule has 0 amide bonds. The molecule has 7 heteroatoms. The lowest BCUT2D eigenvalue weighted by Gasteiger charge is -2.23. The van der Waals surface area contributed by atoms with Gasteiger partial charge in [0, 0.05) is 24.5 Å². The largest absolute Gasteiger partial charge is 0.486 e. The molecule has 0 spiro atoms. The number of rotatable bonds is 6. The first kappa shape index (κ1) is 15.8. The van der Waals surface area contributed by atoms with Gasteiger partial charge in [-0.15, -0.1) is 0 Å². The second-order valence-electron chi connectivity index (χ2n) is 4.78. The zero-order chi connectivity index (χ0) is 15.5. The van der Waals surface area contributed by atoms with Crippen LogP contribution in [0.2, 0.25) is 5.02 Å². The Labute approximate surface area is 125 Å². The summed E-state index contributed by atoms with van der Waals surface area (Å²) in [6, 6.07) is 2.53. The van der Waals surface area contributed by atoms with Gasteiger partial charge in [-0.2, -0.15) is 0 Å². The van der Waals surface area contributed by atoms with Gasteiger partial charge in [0.2, 0.25) is 0 Å². The van der Waals surface area contributed by atoms with Crippen LogP contribution in [0, 0.1) is 0 Å². The fourth-order valence-electron chi connectivity index (χ4n) is 2.10. The Balaban J connectivity index is 2.09. The van der Waals surface area contributed by atoms with Gasteiger partial charge < -0.3 is 14.6 Å². The maximum absolute atomic E-state index is 14.2. The van der Waals surface area contributed by atoms with E-state index in [0.29, 0.717) is 19.0 Å². The number of hydrogen-bond acceptors (Lipinski definition) is 3. The Kier molecular flexibility index (Phi) is 4.88. The maximum Gasteiger partial charge on any atom is 0.303 e. The molecule has 21 heavy (non-hydrogen) atoms. The molecule has 0 saturated heterocycles. The maximum atomic E-state index is 14.2. The molecule has 0 bridgehead atoms. The molecule has 116 valence electrons. The van der Waals surface area contributed by atoms with Crippen LogP contribution in [-0.2, 0) is 10.7 Å². The molecule has 1 heterocycles. The quantitative estimate of drug-likeness (QED) is 0.809. The average Bonchev–Trinajstić information content (AvgIpc) is 2.42. The topological polar surface area (TPSA) is 55.8 Å². The second-order valence-corrected chi connectivity index (χ2v) is 5.19. The normalized spacial score (nSPS) is 14.0. The third-order valence-corrected chi connectivity index (χ3v) is 3.47. The van der Waals surface area contributed by atoms with Crippen LogP contribution in [0.3, 0.4) is 0 Å². The van der Waals surface area contributed by atoms with Crippen LogP contribution in [0.15, 0.2) is 12.1 Å². The molecular formula is C14H15ClF2O4. The Bertz CT molecular complexity index is 534. The number of hydrogen-bond donors (Lipinski definition) is 1. The first-order valence-electron chi connectivity index (χ1n) is 6.59. The van der Waals surface area contributed by atoms with Crippen molar-refractivity contribution in [3.63, 3.8) is 0 Å². The molecule has 0 unspecified atom stereocenters. The predicted molar refractivity (Wildman–Crippen MR) is 72.4 cm³/mol. The molecule has 0 radical (unpaired) electrons. The van der Waals surface area contributed by atoms with Gasteiger partial charge >= 0.3 is 5.97 Å². The highest BCUT2D eigenvalue weighted by molar-refractivity contribution is 6.31. The highest BCUT2D eigenvalue weighted by atomic mass is 35.5. The fourth-order valence-corrected chi connectivity index (χ4v) is 2.39. The van der Waals surface area contributed by atoms with Gasteiger partial charge in [0.25, 0.3) is 5.92 Å². The minimum absolute atomic E-state index is 0.0810. The summed E-state index contributed by atoms with van der Waals surface area (Å²) in [6.45, 7) is 0.659. The van der Waals surface area contributed by atoms with E-state index in [9.17, 15) is 13.6 Å². The van der Waals surface area contributed by atoms with E-state index < -0.39 is 18.3 Å². The number of ether oxygens (including phenoxy) is 2. The number of carbonyl (C=O) groups is 1. The van der Waals surface area contributed by atoms with Crippen LogP contribution in [0.4, 0.5) is 8.78 Å². The standard InChI is InChI=1S/C14H15ClF2O4/c15-10-8-12-11(20-5-6-21-12)7-9(10)14(16,17)4-2-1-3-13(18)19/h7-8H,1-6H2,(H,18,19). The minimum atomic E-state index is -3.13. The van der Waals surface area contributed by atoms with Gasteiger partial charge in [-0.3, -0.25) is 4.79 Å². The van der Waals surface area contributed by atoms with Gasteiger partial charge in [-0.25, -0.2) is 8.78 Å². The van der Waals surface area contributed by atoms with Crippen LogP contribution in [0.1, 0.15) is 31.2 Å². The molecule has 0 atom stereocenters. The third-order valence-electron chi connectivity index (χ3n) is 3.16. The number of carboxylic acid groups (broad SMARTS) is 1. The Morgan fingerprint density at radius 2 is 1.86 bits per heavy atom. The van der Waals surface area contributed by atoms with E-state index in [1.54, 1.807) is 0 Å². The van der Waals surface area contributed by atoms with Crippen molar-refractivity contribution in [2.24, 2.45) is 0 Å². The zero-order valence-electron chi connectivity index (χ0n) is 11.2. The lowest BCUT2D eigenvalue weighted by Crippen LogP contribution is -2.18. The Morgan fingerprint density at radius 3 is 2.48 bits per heavy atom. The summed E-state index contributed by atoms with van der Waals surface area (Å²) in [5.74, 6) is -3.51. The highest BCUT2D eigenvalue weighted by Gasteiger charge is 2.35. The van der Waals surface area contributed by atoms with Crippen LogP contribution < -0.4 is 9.47 Å². The molecule has 1 aromatic carbocycles. The minimum Gasteiger partial charge on any atom is -0.486 e.